The second-order valence-corrected chi connectivity index (χ2v) is 7.85. The number of benzene rings is 2. The largest absolute Gasteiger partial charge is 0.495 e. The van der Waals surface area contributed by atoms with Gasteiger partial charge in [-0.3, -0.25) is 4.79 Å². The fourth-order valence-electron chi connectivity index (χ4n) is 2.90. The molecule has 0 aliphatic heterocycles. The predicted octanol–water partition coefficient (Wildman–Crippen LogP) is 6.33. The van der Waals surface area contributed by atoms with Gasteiger partial charge in [0.15, 0.2) is 0 Å². The number of pyridine rings is 1. The molecule has 136 valence electrons. The van der Waals surface area contributed by atoms with Crippen molar-refractivity contribution < 1.29 is 9.53 Å². The van der Waals surface area contributed by atoms with Crippen LogP contribution in [0.25, 0.3) is 21.0 Å². The molecule has 0 spiro atoms. The van der Waals surface area contributed by atoms with Crippen LogP contribution in [-0.4, -0.2) is 18.0 Å². The van der Waals surface area contributed by atoms with Crippen molar-refractivity contribution in [3.05, 3.63) is 63.1 Å². The van der Waals surface area contributed by atoms with Crippen molar-refractivity contribution in [2.75, 3.05) is 12.4 Å². The molecule has 7 heteroatoms. The molecule has 4 rings (SSSR count). The van der Waals surface area contributed by atoms with Gasteiger partial charge >= 0.3 is 0 Å². The van der Waals surface area contributed by atoms with Gasteiger partial charge in [0, 0.05) is 26.6 Å². The zero-order valence-corrected chi connectivity index (χ0v) is 16.8. The Morgan fingerprint density at radius 2 is 1.93 bits per heavy atom. The lowest BCUT2D eigenvalue weighted by Crippen LogP contribution is -2.11. The van der Waals surface area contributed by atoms with E-state index in [1.807, 2.05) is 31.2 Å². The molecule has 2 aromatic heterocycles. The Labute approximate surface area is 169 Å². The molecule has 0 saturated carbocycles. The third-order valence-corrected chi connectivity index (χ3v) is 6.14. The van der Waals surface area contributed by atoms with E-state index in [4.69, 9.17) is 27.9 Å². The van der Waals surface area contributed by atoms with Crippen molar-refractivity contribution in [2.45, 2.75) is 6.92 Å². The molecule has 0 saturated heterocycles. The number of methoxy groups -OCH3 is 1. The zero-order valence-electron chi connectivity index (χ0n) is 14.5. The van der Waals surface area contributed by atoms with E-state index in [0.29, 0.717) is 26.5 Å². The molecule has 0 radical (unpaired) electrons. The first-order valence-corrected chi connectivity index (χ1v) is 9.68. The number of anilines is 1. The number of hydrogen-bond acceptors (Lipinski definition) is 4. The summed E-state index contributed by atoms with van der Waals surface area (Å²) in [5.41, 5.74) is 2.22. The van der Waals surface area contributed by atoms with E-state index < -0.39 is 0 Å². The first-order valence-electron chi connectivity index (χ1n) is 8.11. The highest BCUT2D eigenvalue weighted by atomic mass is 35.5. The van der Waals surface area contributed by atoms with Crippen molar-refractivity contribution in [3.8, 4) is 5.75 Å². The van der Waals surface area contributed by atoms with E-state index in [1.54, 1.807) is 18.2 Å². The highest BCUT2D eigenvalue weighted by Gasteiger charge is 2.17. The maximum Gasteiger partial charge on any atom is 0.265 e. The third kappa shape index (κ3) is 3.23. The third-order valence-electron chi connectivity index (χ3n) is 4.27. The standard InChI is InChI=1S/C20H14Cl2N2O2S/c1-10-7-15(16(26-2)9-13(10)21)24-20(25)17-8-12-18(27-17)11-5-3-4-6-14(11)23-19(12)22/h3-9H,1-2H3,(H,24,25). The summed E-state index contributed by atoms with van der Waals surface area (Å²) in [7, 11) is 1.54. The number of carbonyl (C=O) groups excluding carboxylic acids is 1. The van der Waals surface area contributed by atoms with Crippen LogP contribution in [0.2, 0.25) is 10.2 Å². The molecule has 2 heterocycles. The average molecular weight is 417 g/mol. The van der Waals surface area contributed by atoms with E-state index in [-0.39, 0.29) is 5.91 Å². The quantitative estimate of drug-likeness (QED) is 0.397. The summed E-state index contributed by atoms with van der Waals surface area (Å²) in [5.74, 6) is 0.265. The van der Waals surface area contributed by atoms with Crippen LogP contribution in [0.15, 0.2) is 42.5 Å². The molecule has 2 aromatic carbocycles. The number of para-hydroxylation sites is 1. The number of aryl methyl sites for hydroxylation is 1. The van der Waals surface area contributed by atoms with Gasteiger partial charge in [-0.25, -0.2) is 4.98 Å². The Morgan fingerprint density at radius 3 is 2.70 bits per heavy atom. The van der Waals surface area contributed by atoms with Gasteiger partial charge in [-0.2, -0.15) is 0 Å². The first-order chi connectivity index (χ1) is 13.0. The lowest BCUT2D eigenvalue weighted by atomic mass is 10.2. The number of rotatable bonds is 3. The smallest absolute Gasteiger partial charge is 0.265 e. The molecule has 0 bridgehead atoms. The number of fused-ring (bicyclic) bond motifs is 3. The van der Waals surface area contributed by atoms with Crippen LogP contribution in [0.5, 0.6) is 5.75 Å². The van der Waals surface area contributed by atoms with Gasteiger partial charge in [-0.15, -0.1) is 11.3 Å². The molecule has 1 amide bonds. The number of ether oxygens (including phenoxy) is 1. The average Bonchev–Trinajstić information content (AvgIpc) is 3.11. The van der Waals surface area contributed by atoms with Crippen LogP contribution in [0.4, 0.5) is 5.69 Å². The molecular formula is C20H14Cl2N2O2S. The van der Waals surface area contributed by atoms with E-state index in [9.17, 15) is 4.79 Å². The number of nitrogens with one attached hydrogen (secondary N) is 1. The van der Waals surface area contributed by atoms with E-state index in [1.165, 1.54) is 18.4 Å². The van der Waals surface area contributed by atoms with E-state index >= 15 is 0 Å². The van der Waals surface area contributed by atoms with Crippen LogP contribution < -0.4 is 10.1 Å². The van der Waals surface area contributed by atoms with Crippen LogP contribution in [0.1, 0.15) is 15.2 Å². The Bertz CT molecular complexity index is 1200. The maximum absolute atomic E-state index is 12.8. The molecule has 0 unspecified atom stereocenters. The predicted molar refractivity (Wildman–Crippen MR) is 113 cm³/mol. The maximum atomic E-state index is 12.8. The molecule has 0 atom stereocenters. The summed E-state index contributed by atoms with van der Waals surface area (Å²) in [6.45, 7) is 1.87. The van der Waals surface area contributed by atoms with Crippen LogP contribution >= 0.6 is 34.5 Å². The van der Waals surface area contributed by atoms with Crippen molar-refractivity contribution in [3.63, 3.8) is 0 Å². The van der Waals surface area contributed by atoms with Crippen LogP contribution in [0, 0.1) is 6.92 Å². The van der Waals surface area contributed by atoms with Crippen LogP contribution in [-0.2, 0) is 0 Å². The van der Waals surface area contributed by atoms with Gasteiger partial charge in [0.05, 0.1) is 23.2 Å². The molecule has 0 aliphatic carbocycles. The topological polar surface area (TPSA) is 51.2 Å². The number of amides is 1. The minimum atomic E-state index is -0.239. The number of carbonyl (C=O) groups is 1. The Morgan fingerprint density at radius 1 is 1.15 bits per heavy atom. The summed E-state index contributed by atoms with van der Waals surface area (Å²) in [4.78, 5) is 17.8. The SMILES string of the molecule is COc1cc(Cl)c(C)cc1NC(=O)c1cc2c(Cl)nc3ccccc3c2s1. The van der Waals surface area contributed by atoms with Gasteiger partial charge in [0.2, 0.25) is 0 Å². The summed E-state index contributed by atoms with van der Waals surface area (Å²) >= 11 is 13.8. The van der Waals surface area contributed by atoms with E-state index in [0.717, 1.165) is 26.6 Å². The van der Waals surface area contributed by atoms with Gasteiger partial charge < -0.3 is 10.1 Å². The van der Waals surface area contributed by atoms with Gasteiger partial charge in [-0.1, -0.05) is 41.4 Å². The second kappa shape index (κ2) is 7.00. The van der Waals surface area contributed by atoms with Gasteiger partial charge in [0.1, 0.15) is 10.9 Å². The Balaban J connectivity index is 1.77. The van der Waals surface area contributed by atoms with Crippen molar-refractivity contribution >= 4 is 67.1 Å². The number of halogens is 2. The lowest BCUT2D eigenvalue weighted by Gasteiger charge is -2.11. The Hall–Kier alpha value is -2.34. The molecule has 4 nitrogen and oxygen atoms in total. The van der Waals surface area contributed by atoms with Gasteiger partial charge in [0.25, 0.3) is 5.91 Å². The normalized spacial score (nSPS) is 11.1. The first kappa shape index (κ1) is 18.0. The summed E-state index contributed by atoms with van der Waals surface area (Å²) in [6.07, 6.45) is 0. The zero-order chi connectivity index (χ0) is 19.1. The molecule has 0 aliphatic rings. The van der Waals surface area contributed by atoms with Gasteiger partial charge in [-0.05, 0) is 30.7 Å². The van der Waals surface area contributed by atoms with Crippen molar-refractivity contribution in [1.82, 2.24) is 4.98 Å². The number of aromatic nitrogens is 1. The fraction of sp³-hybridized carbons (Fsp3) is 0.100. The number of thiophene rings is 1. The minimum absolute atomic E-state index is 0.239. The monoisotopic (exact) mass is 416 g/mol. The highest BCUT2D eigenvalue weighted by Crippen LogP contribution is 2.37. The summed E-state index contributed by atoms with van der Waals surface area (Å²) in [5, 5.41) is 5.61. The minimum Gasteiger partial charge on any atom is -0.495 e. The molecular weight excluding hydrogens is 403 g/mol. The summed E-state index contributed by atoms with van der Waals surface area (Å²) < 4.78 is 6.27. The highest BCUT2D eigenvalue weighted by molar-refractivity contribution is 7.22. The fourth-order valence-corrected chi connectivity index (χ4v) is 4.44. The number of hydrogen-bond donors (Lipinski definition) is 1. The number of nitrogens with zero attached hydrogens (tertiary/aromatic N) is 1. The van der Waals surface area contributed by atoms with Crippen molar-refractivity contribution in [2.24, 2.45) is 0 Å². The Kier molecular flexibility index (Phi) is 4.68. The summed E-state index contributed by atoms with van der Waals surface area (Å²) in [6, 6.07) is 13.0. The van der Waals surface area contributed by atoms with E-state index in [2.05, 4.69) is 10.3 Å². The molecule has 0 fully saturated rings. The van der Waals surface area contributed by atoms with Crippen LogP contribution in [0.3, 0.4) is 0 Å². The van der Waals surface area contributed by atoms with Crippen molar-refractivity contribution in [1.29, 1.82) is 0 Å². The molecule has 4 aromatic rings. The second-order valence-electron chi connectivity index (χ2n) is 6.03. The molecule has 27 heavy (non-hydrogen) atoms. The lowest BCUT2D eigenvalue weighted by molar-refractivity contribution is 0.103. The molecule has 1 N–H and O–H groups in total.